The molecular formula is C12H25O4P. The summed E-state index contributed by atoms with van der Waals surface area (Å²) in [6.07, 6.45) is 3.85. The Morgan fingerprint density at radius 1 is 1.18 bits per heavy atom. The maximum absolute atomic E-state index is 11.7. The number of carbonyl (C=O) groups excluding carboxylic acids is 1. The van der Waals surface area contributed by atoms with Crippen molar-refractivity contribution in [2.75, 3.05) is 19.4 Å². The van der Waals surface area contributed by atoms with Crippen molar-refractivity contribution >= 4 is 13.8 Å². The van der Waals surface area contributed by atoms with Crippen molar-refractivity contribution in [1.82, 2.24) is 0 Å². The molecule has 0 aliphatic rings. The zero-order valence-electron chi connectivity index (χ0n) is 11.2. The topological polar surface area (TPSA) is 52.6 Å². The van der Waals surface area contributed by atoms with Gasteiger partial charge in [-0.3, -0.25) is 4.79 Å². The summed E-state index contributed by atoms with van der Waals surface area (Å²) >= 11 is 0. The largest absolute Gasteiger partial charge is 0.465 e. The van der Waals surface area contributed by atoms with Crippen molar-refractivity contribution < 1.29 is 18.8 Å². The molecule has 0 saturated carbocycles. The lowest BCUT2D eigenvalue weighted by Crippen LogP contribution is -2.13. The molecule has 0 spiro atoms. The van der Waals surface area contributed by atoms with Crippen LogP contribution in [0.2, 0.25) is 0 Å². The van der Waals surface area contributed by atoms with Crippen LogP contribution in [0.1, 0.15) is 46.5 Å². The number of unbranched alkanes of at least 4 members (excludes halogenated alkanes) is 2. The highest BCUT2D eigenvalue weighted by molar-refractivity contribution is 7.46. The number of rotatable bonds is 10. The highest BCUT2D eigenvalue weighted by Crippen LogP contribution is 2.28. The molecule has 0 aliphatic carbocycles. The van der Waals surface area contributed by atoms with Crippen LogP contribution in [0, 0.1) is 0 Å². The lowest BCUT2D eigenvalue weighted by molar-refractivity contribution is -0.140. The van der Waals surface area contributed by atoms with Gasteiger partial charge in [-0.15, -0.1) is 0 Å². The maximum atomic E-state index is 11.7. The Balaban J connectivity index is 3.71. The summed E-state index contributed by atoms with van der Waals surface area (Å²) in [5, 5.41) is 0. The first kappa shape index (κ1) is 16.7. The Bertz CT molecular complexity index is 231. The van der Waals surface area contributed by atoms with Crippen LogP contribution >= 0.6 is 7.80 Å². The highest BCUT2D eigenvalue weighted by atomic mass is 31.1. The average molecular weight is 264 g/mol. The molecule has 5 heteroatoms. The van der Waals surface area contributed by atoms with Crippen LogP contribution in [0.5, 0.6) is 0 Å². The summed E-state index contributed by atoms with van der Waals surface area (Å²) in [7, 11) is -2.03. The second-order valence-electron chi connectivity index (χ2n) is 4.08. The minimum Gasteiger partial charge on any atom is -0.465 e. The lowest BCUT2D eigenvalue weighted by atomic mass is 10.4. The lowest BCUT2D eigenvalue weighted by Gasteiger charge is -2.12. The molecule has 0 amide bonds. The molecule has 0 fully saturated rings. The molecule has 0 radical (unpaired) electrons. The fraction of sp³-hybridized carbons (Fsp3) is 0.917. The van der Waals surface area contributed by atoms with Crippen molar-refractivity contribution in [3.63, 3.8) is 0 Å². The molecule has 0 aromatic heterocycles. The van der Waals surface area contributed by atoms with Gasteiger partial charge in [0.15, 0.2) is 0 Å². The van der Waals surface area contributed by atoms with Gasteiger partial charge in [0.25, 0.3) is 0 Å². The van der Waals surface area contributed by atoms with E-state index in [4.69, 9.17) is 9.47 Å². The predicted octanol–water partition coefficient (Wildman–Crippen LogP) is 3.05. The van der Waals surface area contributed by atoms with Crippen LogP contribution < -0.4 is 0 Å². The van der Waals surface area contributed by atoms with Crippen molar-refractivity contribution in [1.29, 1.82) is 0 Å². The summed E-state index contributed by atoms with van der Waals surface area (Å²) in [6.45, 7) is 6.90. The predicted molar refractivity (Wildman–Crippen MR) is 70.1 cm³/mol. The van der Waals surface area contributed by atoms with E-state index in [1.54, 1.807) is 6.92 Å². The number of hydrogen-bond donors (Lipinski definition) is 0. The Hall–Kier alpha value is -0.340. The van der Waals surface area contributed by atoms with Crippen molar-refractivity contribution in [3.05, 3.63) is 0 Å². The van der Waals surface area contributed by atoms with Gasteiger partial charge in [0.05, 0.1) is 12.8 Å². The first-order chi connectivity index (χ1) is 8.11. The van der Waals surface area contributed by atoms with E-state index < -0.39 is 7.80 Å². The van der Waals surface area contributed by atoms with Gasteiger partial charge in [0.1, 0.15) is 13.6 Å². The normalized spacial score (nSPS) is 14.3. The van der Waals surface area contributed by atoms with Gasteiger partial charge in [-0.1, -0.05) is 26.7 Å². The minimum atomic E-state index is -2.03. The third-order valence-electron chi connectivity index (χ3n) is 2.40. The van der Waals surface area contributed by atoms with Crippen LogP contribution in [0.15, 0.2) is 0 Å². The summed E-state index contributed by atoms with van der Waals surface area (Å²) < 4.78 is 22.1. The van der Waals surface area contributed by atoms with E-state index in [0.717, 1.165) is 25.7 Å². The van der Waals surface area contributed by atoms with E-state index in [1.165, 1.54) is 0 Å². The number of carbonyl (C=O) groups is 1. The quantitative estimate of drug-likeness (QED) is 0.346. The van der Waals surface area contributed by atoms with Gasteiger partial charge < -0.3 is 14.0 Å². The number of esters is 1. The molecule has 17 heavy (non-hydrogen) atoms. The van der Waals surface area contributed by atoms with E-state index >= 15 is 0 Å². The fourth-order valence-electron chi connectivity index (χ4n) is 1.16. The Morgan fingerprint density at radius 3 is 2.35 bits per heavy atom. The van der Waals surface area contributed by atoms with Crippen LogP contribution in [0.4, 0.5) is 0 Å². The molecule has 0 saturated heterocycles. The molecule has 102 valence electrons. The zero-order valence-corrected chi connectivity index (χ0v) is 12.2. The molecule has 0 aliphatic heterocycles. The molecule has 0 N–H and O–H groups in total. The third-order valence-corrected chi connectivity index (χ3v) is 4.11. The second-order valence-corrected chi connectivity index (χ2v) is 6.18. The van der Waals surface area contributed by atoms with Crippen LogP contribution in [0.25, 0.3) is 0 Å². The molecule has 2 atom stereocenters. The first-order valence-electron chi connectivity index (χ1n) is 6.41. The minimum absolute atomic E-state index is 0.00166. The summed E-state index contributed by atoms with van der Waals surface area (Å²) in [6, 6.07) is 0. The zero-order chi connectivity index (χ0) is 13.1. The van der Waals surface area contributed by atoms with E-state index in [2.05, 4.69) is 6.92 Å². The van der Waals surface area contributed by atoms with Gasteiger partial charge in [0, 0.05) is 6.61 Å². The molecule has 0 rings (SSSR count). The average Bonchev–Trinajstić information content (AvgIpc) is 2.29. The monoisotopic (exact) mass is 264 g/mol. The molecule has 4 nitrogen and oxygen atoms in total. The highest BCUT2D eigenvalue weighted by Gasteiger charge is 2.16. The third kappa shape index (κ3) is 9.37. The van der Waals surface area contributed by atoms with E-state index in [9.17, 15) is 9.36 Å². The van der Waals surface area contributed by atoms with Crippen LogP contribution in [0.3, 0.4) is 0 Å². The molecule has 0 bridgehead atoms. The summed E-state index contributed by atoms with van der Waals surface area (Å²) in [4.78, 5) is 11.3. The van der Waals surface area contributed by atoms with Crippen molar-refractivity contribution in [2.45, 2.75) is 52.3 Å². The Kier molecular flexibility index (Phi) is 10.6. The van der Waals surface area contributed by atoms with E-state index in [0.29, 0.717) is 13.2 Å². The van der Waals surface area contributed by atoms with E-state index in [1.807, 2.05) is 6.92 Å². The van der Waals surface area contributed by atoms with Crippen LogP contribution in [-0.4, -0.2) is 31.2 Å². The molecular weight excluding hydrogens is 239 g/mol. The molecule has 0 aromatic rings. The molecule has 0 heterocycles. The van der Waals surface area contributed by atoms with Gasteiger partial charge in [0.2, 0.25) is 0 Å². The van der Waals surface area contributed by atoms with Crippen molar-refractivity contribution in [3.8, 4) is 0 Å². The SMILES string of the molecule is CCCCOC(=O)C[PH](=O)C(C)OCCCC. The van der Waals surface area contributed by atoms with Gasteiger partial charge in [-0.25, -0.2) is 0 Å². The van der Waals surface area contributed by atoms with Crippen molar-refractivity contribution in [2.24, 2.45) is 0 Å². The van der Waals surface area contributed by atoms with Gasteiger partial charge in [-0.2, -0.15) is 0 Å². The standard InChI is InChI=1S/C12H25O4P/c1-4-6-8-15-11(3)17(14)10-12(13)16-9-7-5-2/h11,17H,4-10H2,1-3H3. The smallest absolute Gasteiger partial charge is 0.313 e. The van der Waals surface area contributed by atoms with Crippen LogP contribution in [-0.2, 0) is 18.8 Å². The van der Waals surface area contributed by atoms with Gasteiger partial charge in [-0.05, 0) is 19.8 Å². The van der Waals surface area contributed by atoms with E-state index in [-0.39, 0.29) is 18.0 Å². The Morgan fingerprint density at radius 2 is 1.76 bits per heavy atom. The number of ether oxygens (including phenoxy) is 2. The molecule has 0 aromatic carbocycles. The number of hydrogen-bond acceptors (Lipinski definition) is 4. The fourth-order valence-corrected chi connectivity index (χ4v) is 2.14. The molecule has 2 unspecified atom stereocenters. The maximum Gasteiger partial charge on any atom is 0.313 e. The summed E-state index contributed by atoms with van der Waals surface area (Å²) in [5.41, 5.74) is 0. The second kappa shape index (κ2) is 10.8. The Labute approximate surface area is 105 Å². The summed E-state index contributed by atoms with van der Waals surface area (Å²) in [5.74, 6) is -0.696. The first-order valence-corrected chi connectivity index (χ1v) is 8.11. The van der Waals surface area contributed by atoms with Gasteiger partial charge >= 0.3 is 5.97 Å².